The fourth-order valence-corrected chi connectivity index (χ4v) is 7.82. The van der Waals surface area contributed by atoms with Gasteiger partial charge in [-0.25, -0.2) is 15.0 Å². The zero-order valence-corrected chi connectivity index (χ0v) is 28.9. The third kappa shape index (κ3) is 4.83. The van der Waals surface area contributed by atoms with E-state index in [0.717, 1.165) is 82.5 Å². The van der Waals surface area contributed by atoms with Crippen LogP contribution >= 0.6 is 0 Å². The number of fused-ring (bicyclic) bond motifs is 8. The minimum atomic E-state index is 0.537. The third-order valence-electron chi connectivity index (χ3n) is 10.4. The second-order valence-electron chi connectivity index (χ2n) is 13.5. The van der Waals surface area contributed by atoms with Crippen molar-refractivity contribution in [2.75, 3.05) is 0 Å². The average Bonchev–Trinajstić information content (AvgIpc) is 3.83. The zero-order valence-electron chi connectivity index (χ0n) is 28.9. The van der Waals surface area contributed by atoms with Gasteiger partial charge in [-0.3, -0.25) is 0 Å². The first-order valence-corrected chi connectivity index (χ1v) is 18.0. The van der Waals surface area contributed by atoms with Crippen LogP contribution in [0.25, 0.3) is 111 Å². The minimum Gasteiger partial charge on any atom is -0.456 e. The van der Waals surface area contributed by atoms with E-state index >= 15 is 0 Å². The first kappa shape index (κ1) is 30.3. The molecule has 252 valence electrons. The van der Waals surface area contributed by atoms with E-state index in [4.69, 9.17) is 23.8 Å². The molecule has 0 N–H and O–H groups in total. The van der Waals surface area contributed by atoms with Crippen molar-refractivity contribution in [1.82, 2.24) is 15.0 Å². The molecule has 0 atom stereocenters. The number of para-hydroxylation sites is 1. The summed E-state index contributed by atoms with van der Waals surface area (Å²) in [5.74, 6) is 1.67. The molecule has 3 heterocycles. The van der Waals surface area contributed by atoms with Crippen molar-refractivity contribution in [3.63, 3.8) is 0 Å². The van der Waals surface area contributed by atoms with Gasteiger partial charge in [0.1, 0.15) is 22.3 Å². The van der Waals surface area contributed by atoms with E-state index in [1.54, 1.807) is 0 Å². The van der Waals surface area contributed by atoms with Gasteiger partial charge in [0.15, 0.2) is 17.5 Å². The van der Waals surface area contributed by atoms with Crippen LogP contribution in [0, 0.1) is 0 Å². The van der Waals surface area contributed by atoms with Crippen LogP contribution in [0.15, 0.2) is 185 Å². The van der Waals surface area contributed by atoms with Crippen molar-refractivity contribution in [3.8, 4) is 56.4 Å². The molecule has 0 fully saturated rings. The van der Waals surface area contributed by atoms with Gasteiger partial charge in [-0.15, -0.1) is 0 Å². The van der Waals surface area contributed by atoms with E-state index in [0.29, 0.717) is 17.5 Å². The predicted octanol–water partition coefficient (Wildman–Crippen LogP) is 13.2. The Labute approximate surface area is 309 Å². The molecule has 0 radical (unpaired) electrons. The van der Waals surface area contributed by atoms with Gasteiger partial charge in [-0.05, 0) is 58.0 Å². The molecule has 0 aliphatic heterocycles. The maximum absolute atomic E-state index is 6.74. The largest absolute Gasteiger partial charge is 0.456 e. The topological polar surface area (TPSA) is 65.0 Å². The number of furan rings is 2. The van der Waals surface area contributed by atoms with Crippen LogP contribution in [-0.2, 0) is 0 Å². The Morgan fingerprint density at radius 1 is 0.315 bits per heavy atom. The van der Waals surface area contributed by atoms with Gasteiger partial charge in [0, 0.05) is 38.1 Å². The highest BCUT2D eigenvalue weighted by Crippen LogP contribution is 2.42. The second-order valence-corrected chi connectivity index (χ2v) is 13.5. The Balaban J connectivity index is 1.14. The van der Waals surface area contributed by atoms with Crippen LogP contribution in [0.4, 0.5) is 0 Å². The van der Waals surface area contributed by atoms with Gasteiger partial charge < -0.3 is 8.83 Å². The quantitative estimate of drug-likeness (QED) is 0.180. The van der Waals surface area contributed by atoms with Crippen LogP contribution < -0.4 is 0 Å². The summed E-state index contributed by atoms with van der Waals surface area (Å²) >= 11 is 0. The Bertz CT molecular complexity index is 3220. The first-order chi connectivity index (χ1) is 26.8. The lowest BCUT2D eigenvalue weighted by Gasteiger charge is -2.11. The molecular weight excluding hydrogens is 663 g/mol. The number of aromatic nitrogens is 3. The van der Waals surface area contributed by atoms with Crippen molar-refractivity contribution in [3.05, 3.63) is 176 Å². The molecule has 54 heavy (non-hydrogen) atoms. The van der Waals surface area contributed by atoms with Crippen LogP contribution in [0.2, 0.25) is 0 Å². The molecule has 5 nitrogen and oxygen atoms in total. The standard InChI is InChI=1S/C49H29N3O2/c1-3-13-30(14-4-1)34-18-9-10-19-35(34)33-26-28-42-41(29-33)44-39(22-12-24-43(44)53-42)48-50-47(32-16-5-2-6-17-32)51-49(52-48)40-23-11-21-37-38-27-25-31-15-7-8-20-36(31)45(38)54-46(37)40/h1-29H. The van der Waals surface area contributed by atoms with Gasteiger partial charge >= 0.3 is 0 Å². The number of hydrogen-bond donors (Lipinski definition) is 0. The van der Waals surface area contributed by atoms with Crippen LogP contribution in [0.1, 0.15) is 0 Å². The first-order valence-electron chi connectivity index (χ1n) is 18.0. The van der Waals surface area contributed by atoms with Crippen LogP contribution in [0.3, 0.4) is 0 Å². The van der Waals surface area contributed by atoms with Crippen molar-refractivity contribution in [2.45, 2.75) is 0 Å². The Kier molecular flexibility index (Phi) is 6.79. The van der Waals surface area contributed by atoms with Crippen LogP contribution in [-0.4, -0.2) is 15.0 Å². The lowest BCUT2D eigenvalue weighted by Crippen LogP contribution is -2.00. The molecule has 11 aromatic rings. The number of hydrogen-bond acceptors (Lipinski definition) is 5. The van der Waals surface area contributed by atoms with E-state index in [9.17, 15) is 0 Å². The molecular formula is C49H29N3O2. The molecule has 0 unspecified atom stereocenters. The highest BCUT2D eigenvalue weighted by molar-refractivity contribution is 6.17. The Hall–Kier alpha value is -7.37. The molecule has 8 aromatic carbocycles. The zero-order chi connectivity index (χ0) is 35.6. The highest BCUT2D eigenvalue weighted by atomic mass is 16.3. The maximum Gasteiger partial charge on any atom is 0.167 e. The smallest absolute Gasteiger partial charge is 0.167 e. The Morgan fingerprint density at radius 2 is 0.926 bits per heavy atom. The van der Waals surface area contributed by atoms with E-state index in [2.05, 4.69) is 103 Å². The van der Waals surface area contributed by atoms with Gasteiger partial charge in [0.25, 0.3) is 0 Å². The van der Waals surface area contributed by atoms with E-state index in [-0.39, 0.29) is 0 Å². The Morgan fingerprint density at radius 3 is 1.76 bits per heavy atom. The van der Waals surface area contributed by atoms with Crippen molar-refractivity contribution >= 4 is 54.6 Å². The van der Waals surface area contributed by atoms with Gasteiger partial charge in [-0.1, -0.05) is 146 Å². The molecule has 0 spiro atoms. The second kappa shape index (κ2) is 12.1. The fraction of sp³-hybridized carbons (Fsp3) is 0. The number of benzene rings is 8. The highest BCUT2D eigenvalue weighted by Gasteiger charge is 2.21. The lowest BCUT2D eigenvalue weighted by molar-refractivity contribution is 0.669. The SMILES string of the molecule is c1ccc(-c2nc(-c3cccc4c3oc3c5ccccc5ccc43)nc(-c3cccc4oc5ccc(-c6ccccc6-c6ccccc6)cc5c34)n2)cc1. The van der Waals surface area contributed by atoms with E-state index < -0.39 is 0 Å². The fourth-order valence-electron chi connectivity index (χ4n) is 7.82. The minimum absolute atomic E-state index is 0.537. The summed E-state index contributed by atoms with van der Waals surface area (Å²) in [7, 11) is 0. The molecule has 3 aromatic heterocycles. The molecule has 0 bridgehead atoms. The van der Waals surface area contributed by atoms with Gasteiger partial charge in [0.2, 0.25) is 0 Å². The average molecular weight is 692 g/mol. The monoisotopic (exact) mass is 691 g/mol. The molecule has 5 heteroatoms. The molecule has 0 saturated heterocycles. The van der Waals surface area contributed by atoms with Gasteiger partial charge in [-0.2, -0.15) is 0 Å². The molecule has 0 amide bonds. The molecule has 11 rings (SSSR count). The summed E-state index contributed by atoms with van der Waals surface area (Å²) in [6.07, 6.45) is 0. The normalized spacial score (nSPS) is 11.7. The summed E-state index contributed by atoms with van der Waals surface area (Å²) in [6.45, 7) is 0. The summed E-state index contributed by atoms with van der Waals surface area (Å²) < 4.78 is 13.2. The molecule has 0 saturated carbocycles. The van der Waals surface area contributed by atoms with Crippen molar-refractivity contribution < 1.29 is 8.83 Å². The number of rotatable bonds is 5. The van der Waals surface area contributed by atoms with E-state index in [1.165, 1.54) is 11.1 Å². The molecule has 0 aliphatic carbocycles. The third-order valence-corrected chi connectivity index (χ3v) is 10.4. The van der Waals surface area contributed by atoms with Crippen molar-refractivity contribution in [2.24, 2.45) is 0 Å². The predicted molar refractivity (Wildman–Crippen MR) is 219 cm³/mol. The molecule has 0 aliphatic rings. The van der Waals surface area contributed by atoms with E-state index in [1.807, 2.05) is 72.8 Å². The summed E-state index contributed by atoms with van der Waals surface area (Å²) in [4.78, 5) is 15.5. The number of nitrogens with zero attached hydrogens (tertiary/aromatic N) is 3. The summed E-state index contributed by atoms with van der Waals surface area (Å²) in [5.41, 5.74) is 10.3. The van der Waals surface area contributed by atoms with Crippen LogP contribution in [0.5, 0.6) is 0 Å². The lowest BCUT2D eigenvalue weighted by atomic mass is 9.93. The summed E-state index contributed by atoms with van der Waals surface area (Å²) in [5, 5.41) is 6.23. The van der Waals surface area contributed by atoms with Gasteiger partial charge in [0.05, 0.1) is 5.56 Å². The summed E-state index contributed by atoms with van der Waals surface area (Å²) in [6, 6.07) is 60.4. The maximum atomic E-state index is 6.74. The van der Waals surface area contributed by atoms with Crippen molar-refractivity contribution in [1.29, 1.82) is 0 Å².